The summed E-state index contributed by atoms with van der Waals surface area (Å²) in [5, 5.41) is 39.4. The predicted octanol–water partition coefficient (Wildman–Crippen LogP) is 6.80. The summed E-state index contributed by atoms with van der Waals surface area (Å²) in [4.78, 5) is 35.2. The highest BCUT2D eigenvalue weighted by Crippen LogP contribution is 2.24. The number of ether oxygens (including phenoxy) is 2. The summed E-state index contributed by atoms with van der Waals surface area (Å²) in [5.74, 6) is -2.06. The second-order valence-electron chi connectivity index (χ2n) is 12.6. The van der Waals surface area contributed by atoms with Crippen molar-refractivity contribution < 1.29 is 49.2 Å². The molecule has 260 valence electrons. The minimum atomic E-state index is -0.858. The number of carbonyl (C=O) groups is 2. The largest absolute Gasteiger partial charge is 0.494 e. The minimum absolute atomic E-state index is 0.0790. The van der Waals surface area contributed by atoms with Gasteiger partial charge in [0, 0.05) is 30.7 Å². The van der Waals surface area contributed by atoms with Crippen LogP contribution >= 0.6 is 0 Å². The Labute approximate surface area is 276 Å². The first-order chi connectivity index (χ1) is 22.4. The molecule has 0 aliphatic heterocycles. The normalized spacial score (nSPS) is 11.4. The third-order valence-electron chi connectivity index (χ3n) is 7.30. The van der Waals surface area contributed by atoms with E-state index in [-0.39, 0.29) is 29.9 Å². The van der Waals surface area contributed by atoms with Crippen LogP contribution in [0.4, 0.5) is 0 Å². The highest BCUT2D eigenvalue weighted by Gasteiger charge is 2.18. The van der Waals surface area contributed by atoms with Gasteiger partial charge in [-0.2, -0.15) is 0 Å². The molecular formula is C35H50N2O10. The summed E-state index contributed by atoms with van der Waals surface area (Å²) in [6.45, 7) is 5.99. The molecule has 0 bridgehead atoms. The molecule has 0 atom stereocenters. The van der Waals surface area contributed by atoms with Gasteiger partial charge in [0.25, 0.3) is 0 Å². The second kappa shape index (κ2) is 18.6. The Morgan fingerprint density at radius 3 is 1.68 bits per heavy atom. The van der Waals surface area contributed by atoms with Gasteiger partial charge in [-0.25, -0.2) is 4.79 Å². The lowest BCUT2D eigenvalue weighted by molar-refractivity contribution is -0.154. The third-order valence-corrected chi connectivity index (χ3v) is 7.30. The monoisotopic (exact) mass is 658 g/mol. The number of nitrogens with zero attached hydrogens (tertiary/aromatic N) is 2. The molecule has 12 nitrogen and oxygen atoms in total. The van der Waals surface area contributed by atoms with E-state index < -0.39 is 23.3 Å². The standard InChI is InChI=1S/C35H50N2O10/c1-35(2,3)46-33(42)16-14-12-10-8-6-4-5-7-9-11-13-15-21-44-28-23-26(25-45-36-29(38)17-18-30(36)39)22-27(24-28)34(43)47-37-31(40)19-20-32(37)41/h17-20,22-24,38-41H,4-16,21,25H2,1-3H3. The van der Waals surface area contributed by atoms with Crippen LogP contribution in [-0.2, 0) is 16.1 Å². The molecule has 3 rings (SSSR count). The summed E-state index contributed by atoms with van der Waals surface area (Å²) in [6, 6.07) is 9.56. The van der Waals surface area contributed by atoms with Gasteiger partial charge in [-0.1, -0.05) is 64.2 Å². The van der Waals surface area contributed by atoms with Gasteiger partial charge >= 0.3 is 11.9 Å². The van der Waals surface area contributed by atoms with Gasteiger partial charge in [0.2, 0.25) is 23.5 Å². The number of carbonyl (C=O) groups excluding carboxylic acids is 2. The van der Waals surface area contributed by atoms with E-state index in [1.807, 2.05) is 20.8 Å². The van der Waals surface area contributed by atoms with Crippen molar-refractivity contribution in [3.63, 3.8) is 0 Å². The first-order valence-electron chi connectivity index (χ1n) is 16.5. The van der Waals surface area contributed by atoms with Crippen LogP contribution < -0.4 is 14.4 Å². The first kappa shape index (κ1) is 37.0. The molecule has 2 heterocycles. The van der Waals surface area contributed by atoms with E-state index in [0.717, 1.165) is 49.7 Å². The zero-order chi connectivity index (χ0) is 34.2. The molecule has 0 aliphatic carbocycles. The van der Waals surface area contributed by atoms with Gasteiger partial charge in [0.1, 0.15) is 18.0 Å². The SMILES string of the molecule is CC(C)(C)OC(=O)CCCCCCCCCCCCCCOc1cc(COn2c(O)ccc2O)cc(C(=O)On2c(O)ccc2O)c1. The summed E-state index contributed by atoms with van der Waals surface area (Å²) < 4.78 is 12.7. The summed E-state index contributed by atoms with van der Waals surface area (Å²) in [7, 11) is 0. The molecular weight excluding hydrogens is 608 g/mol. The van der Waals surface area contributed by atoms with Crippen LogP contribution in [0, 0.1) is 0 Å². The van der Waals surface area contributed by atoms with E-state index in [2.05, 4.69) is 0 Å². The van der Waals surface area contributed by atoms with Crippen molar-refractivity contribution in [2.45, 2.75) is 116 Å². The second-order valence-corrected chi connectivity index (χ2v) is 12.6. The summed E-state index contributed by atoms with van der Waals surface area (Å²) >= 11 is 0. The number of aromatic hydroxyl groups is 4. The molecule has 1 aromatic carbocycles. The van der Waals surface area contributed by atoms with Gasteiger partial charge in [-0.15, -0.1) is 9.46 Å². The molecule has 2 aromatic heterocycles. The van der Waals surface area contributed by atoms with E-state index in [4.69, 9.17) is 19.1 Å². The molecule has 0 saturated heterocycles. The van der Waals surface area contributed by atoms with Gasteiger partial charge in [0.05, 0.1) is 12.2 Å². The Balaban J connectivity index is 1.34. The van der Waals surface area contributed by atoms with Crippen LogP contribution in [0.3, 0.4) is 0 Å². The average Bonchev–Trinajstić information content (AvgIpc) is 3.51. The van der Waals surface area contributed by atoms with Crippen LogP contribution in [-0.4, -0.2) is 54.0 Å². The summed E-state index contributed by atoms with van der Waals surface area (Å²) in [6.07, 6.45) is 13.8. The third kappa shape index (κ3) is 13.4. The Kier molecular flexibility index (Phi) is 14.6. The average molecular weight is 659 g/mol. The molecule has 0 fully saturated rings. The zero-order valence-electron chi connectivity index (χ0n) is 27.8. The Bertz CT molecular complexity index is 1370. The number of esters is 1. The van der Waals surface area contributed by atoms with Crippen molar-refractivity contribution in [1.82, 2.24) is 9.46 Å². The van der Waals surface area contributed by atoms with E-state index in [1.54, 1.807) is 6.07 Å². The van der Waals surface area contributed by atoms with Gasteiger partial charge < -0.3 is 39.6 Å². The van der Waals surface area contributed by atoms with E-state index >= 15 is 0 Å². The van der Waals surface area contributed by atoms with Crippen LogP contribution in [0.1, 0.15) is 120 Å². The van der Waals surface area contributed by atoms with Gasteiger partial charge in [-0.3, -0.25) is 4.79 Å². The van der Waals surface area contributed by atoms with Crippen molar-refractivity contribution in [3.05, 3.63) is 53.6 Å². The lowest BCUT2D eigenvalue weighted by Crippen LogP contribution is -2.23. The number of unbranched alkanes of at least 4 members (excludes halogenated alkanes) is 11. The number of hydrogen-bond donors (Lipinski definition) is 4. The molecule has 0 saturated carbocycles. The fourth-order valence-electron chi connectivity index (χ4n) is 4.97. The van der Waals surface area contributed by atoms with Crippen molar-refractivity contribution in [3.8, 4) is 29.3 Å². The zero-order valence-corrected chi connectivity index (χ0v) is 27.8. The molecule has 0 amide bonds. The van der Waals surface area contributed by atoms with Crippen LogP contribution in [0.5, 0.6) is 29.3 Å². The fraction of sp³-hybridized carbons (Fsp3) is 0.543. The maximum atomic E-state index is 12.9. The lowest BCUT2D eigenvalue weighted by atomic mass is 10.0. The molecule has 0 spiro atoms. The highest BCUT2D eigenvalue weighted by atomic mass is 16.7. The van der Waals surface area contributed by atoms with Crippen molar-refractivity contribution in [1.29, 1.82) is 0 Å². The smallest absolute Gasteiger partial charge is 0.364 e. The minimum Gasteiger partial charge on any atom is -0.494 e. The molecule has 4 N–H and O–H groups in total. The maximum Gasteiger partial charge on any atom is 0.364 e. The number of aromatic nitrogens is 2. The topological polar surface area (TPSA) is 162 Å². The molecule has 0 unspecified atom stereocenters. The molecule has 12 heteroatoms. The highest BCUT2D eigenvalue weighted by molar-refractivity contribution is 5.90. The van der Waals surface area contributed by atoms with Gasteiger partial charge in [-0.05, 0) is 57.4 Å². The Hall–Kier alpha value is -4.48. The van der Waals surface area contributed by atoms with E-state index in [0.29, 0.717) is 29.1 Å². The lowest BCUT2D eigenvalue weighted by Gasteiger charge is -2.19. The quantitative estimate of drug-likeness (QED) is 0.0707. The molecule has 0 aliphatic rings. The van der Waals surface area contributed by atoms with E-state index in [9.17, 15) is 30.0 Å². The molecule has 47 heavy (non-hydrogen) atoms. The molecule has 0 radical (unpaired) electrons. The van der Waals surface area contributed by atoms with Crippen molar-refractivity contribution in [2.24, 2.45) is 0 Å². The van der Waals surface area contributed by atoms with Crippen molar-refractivity contribution >= 4 is 11.9 Å². The van der Waals surface area contributed by atoms with Crippen LogP contribution in [0.25, 0.3) is 0 Å². The number of rotatable bonds is 21. The predicted molar refractivity (Wildman–Crippen MR) is 175 cm³/mol. The maximum absolute atomic E-state index is 12.9. The van der Waals surface area contributed by atoms with Crippen LogP contribution in [0.2, 0.25) is 0 Å². The van der Waals surface area contributed by atoms with E-state index in [1.165, 1.54) is 68.5 Å². The number of benzene rings is 1. The van der Waals surface area contributed by atoms with Gasteiger partial charge in [0.15, 0.2) is 0 Å². The summed E-state index contributed by atoms with van der Waals surface area (Å²) in [5.41, 5.74) is 0.157. The van der Waals surface area contributed by atoms with Crippen LogP contribution in [0.15, 0.2) is 42.5 Å². The Morgan fingerprint density at radius 1 is 0.660 bits per heavy atom. The molecule has 3 aromatic rings. The first-order valence-corrected chi connectivity index (χ1v) is 16.5. The van der Waals surface area contributed by atoms with Crippen molar-refractivity contribution in [2.75, 3.05) is 6.61 Å². The number of hydrogen-bond acceptors (Lipinski definition) is 10. The fourth-order valence-corrected chi connectivity index (χ4v) is 4.97. The Morgan fingerprint density at radius 2 is 1.15 bits per heavy atom.